The second-order valence-electron chi connectivity index (χ2n) is 1.16. The van der Waals surface area contributed by atoms with Crippen molar-refractivity contribution < 1.29 is 24.6 Å². The Bertz CT molecular complexity index is 32.8. The van der Waals surface area contributed by atoms with Crippen LogP contribution in [0, 0.1) is 0 Å². The van der Waals surface area contributed by atoms with Crippen LogP contribution in [0.5, 0.6) is 0 Å². The largest absolute Gasteiger partial charge is 0.504 e. The summed E-state index contributed by atoms with van der Waals surface area (Å²) in [5, 5.41) is 23.2. The van der Waals surface area contributed by atoms with E-state index in [9.17, 15) is 0 Å². The van der Waals surface area contributed by atoms with Gasteiger partial charge in [0.25, 0.3) is 0 Å². The lowest BCUT2D eigenvalue weighted by Gasteiger charge is -1.86. The molecule has 0 aromatic heterocycles. The molecule has 0 spiro atoms. The van der Waals surface area contributed by atoms with Crippen LogP contribution < -0.4 is 0 Å². The van der Waals surface area contributed by atoms with Gasteiger partial charge in [-0.05, 0) is 0 Å². The topological polar surface area (TPSA) is 101 Å². The summed E-state index contributed by atoms with van der Waals surface area (Å²) in [6.07, 6.45) is 0. The first-order valence-electron chi connectivity index (χ1n) is 2.65. The highest BCUT2D eigenvalue weighted by molar-refractivity contribution is 5.97. The van der Waals surface area contributed by atoms with E-state index in [0.717, 1.165) is 16.6 Å². The van der Waals surface area contributed by atoms with E-state index in [4.69, 9.17) is 15.3 Å². The fourth-order valence-corrected chi connectivity index (χ4v) is 0.274. The van der Waals surface area contributed by atoms with Gasteiger partial charge in [0.15, 0.2) is 0 Å². The van der Waals surface area contributed by atoms with Gasteiger partial charge in [-0.1, -0.05) is 0 Å². The van der Waals surface area contributed by atoms with Crippen molar-refractivity contribution in [2.24, 2.45) is 0 Å². The molecule has 6 heteroatoms. The highest BCUT2D eigenvalue weighted by Crippen LogP contribution is 1.55. The van der Waals surface area contributed by atoms with Crippen LogP contribution in [0.15, 0.2) is 0 Å². The summed E-state index contributed by atoms with van der Waals surface area (Å²) < 4.78 is 4.58. The Labute approximate surface area is 68.3 Å². The molecule has 0 aromatic carbocycles. The van der Waals surface area contributed by atoms with Gasteiger partial charge in [-0.2, -0.15) is 0 Å². The fourth-order valence-electron chi connectivity index (χ4n) is 0.0913. The van der Waals surface area contributed by atoms with Crippen molar-refractivity contribution in [3.63, 3.8) is 0 Å². The van der Waals surface area contributed by atoms with Gasteiger partial charge in [-0.3, -0.25) is 0 Å². The maximum Gasteiger partial charge on any atom is 0.410 e. The van der Waals surface area contributed by atoms with Gasteiger partial charge in [0.05, 0.1) is 19.8 Å². The molecule has 0 bridgehead atoms. The second kappa shape index (κ2) is 22.8. The van der Waals surface area contributed by atoms with Crippen LogP contribution in [0.2, 0.25) is 0 Å². The number of aliphatic hydroxyl groups is 3. The summed E-state index contributed by atoms with van der Waals surface area (Å²) in [4.78, 5) is 0. The minimum Gasteiger partial charge on any atom is -0.504 e. The highest BCUT2D eigenvalue weighted by Gasteiger charge is 1.67. The van der Waals surface area contributed by atoms with Crippen molar-refractivity contribution in [3.05, 3.63) is 0 Å². The molecule has 0 aromatic rings. The molecule has 5 N–H and O–H groups in total. The molecule has 0 heterocycles. The van der Waals surface area contributed by atoms with Gasteiger partial charge in [-0.25, -0.2) is 0 Å². The Morgan fingerprint density at radius 2 is 1.40 bits per heavy atom. The van der Waals surface area contributed by atoms with E-state index in [1.165, 1.54) is 0 Å². The van der Waals surface area contributed by atoms with E-state index >= 15 is 0 Å². The van der Waals surface area contributed by atoms with E-state index in [1.807, 2.05) is 0 Å². The Hall–Kier alpha value is 0.332. The molecule has 0 aliphatic carbocycles. The fraction of sp³-hybridized carbons (Fsp3) is 1.00. The number of hydrogen-bond acceptors (Lipinski definition) is 4. The normalized spacial score (nSPS) is 7.10. The second-order valence-corrected chi connectivity index (χ2v) is 1.74. The third-order valence-corrected chi connectivity index (χ3v) is 0.804. The average molecular weight is 170 g/mol. The first-order chi connectivity index (χ1) is 4.33. The monoisotopic (exact) mass is 170 g/mol. The summed E-state index contributed by atoms with van der Waals surface area (Å²) in [5.74, 6) is 0. The standard InChI is InChI=1S/C2H6O2.C2H5O2.Al.H2O.2H/c2*3-1-2-4;;;;/h3-4H,1-2H2;3H,1-2H2;;1H2;;/q;-1;+1;;;. The Morgan fingerprint density at radius 1 is 1.00 bits per heavy atom. The summed E-state index contributed by atoms with van der Waals surface area (Å²) in [6.45, 7) is 0.412. The van der Waals surface area contributed by atoms with Crippen molar-refractivity contribution in [1.29, 1.82) is 0 Å². The molecule has 0 amide bonds. The molecule has 0 radical (unpaired) electrons. The van der Waals surface area contributed by atoms with E-state index in [1.54, 1.807) is 0 Å². The highest BCUT2D eigenvalue weighted by atomic mass is 27.1. The van der Waals surface area contributed by atoms with E-state index < -0.39 is 0 Å². The molecular weight excluding hydrogens is 155 g/mol. The van der Waals surface area contributed by atoms with Crippen molar-refractivity contribution >= 4 is 16.6 Å². The predicted octanol–water partition coefficient (Wildman–Crippen LogP) is -3.31. The van der Waals surface area contributed by atoms with Crippen LogP contribution in [-0.2, 0) is 3.79 Å². The third kappa shape index (κ3) is 40.3. The molecule has 0 aliphatic heterocycles. The molecule has 0 atom stereocenters. The zero-order valence-corrected chi connectivity index (χ0v) is 8.08. The van der Waals surface area contributed by atoms with Gasteiger partial charge < -0.3 is 24.6 Å². The van der Waals surface area contributed by atoms with Gasteiger partial charge >= 0.3 is 16.6 Å². The van der Waals surface area contributed by atoms with Crippen LogP contribution in [0.3, 0.4) is 0 Å². The summed E-state index contributed by atoms with van der Waals surface area (Å²) in [7, 11) is 0. The first kappa shape index (κ1) is 16.7. The number of aliphatic hydroxyl groups excluding tert-OH is 3. The summed E-state index contributed by atoms with van der Waals surface area (Å²) in [5.41, 5.74) is 0. The van der Waals surface area contributed by atoms with Gasteiger partial charge in [0.2, 0.25) is 0 Å². The lowest BCUT2D eigenvalue weighted by Crippen LogP contribution is -1.93. The van der Waals surface area contributed by atoms with Crippen LogP contribution in [0.4, 0.5) is 0 Å². The third-order valence-electron chi connectivity index (χ3n) is 0.395. The molecule has 64 valence electrons. The van der Waals surface area contributed by atoms with Crippen molar-refractivity contribution in [1.82, 2.24) is 0 Å². The molecule has 0 aliphatic rings. The smallest absolute Gasteiger partial charge is 0.410 e. The maximum atomic E-state index is 7.96. The van der Waals surface area contributed by atoms with Gasteiger partial charge in [0.1, 0.15) is 0 Å². The van der Waals surface area contributed by atoms with Gasteiger partial charge in [0, 0.05) is 6.61 Å². The van der Waals surface area contributed by atoms with Crippen LogP contribution in [-0.4, -0.2) is 63.8 Å². The predicted molar refractivity (Wildman–Crippen MR) is 39.4 cm³/mol. The zero-order valence-electron chi connectivity index (χ0n) is 6.08. The minimum absolute atomic E-state index is 0. The molecule has 0 unspecified atom stereocenters. The minimum atomic E-state index is -0.125. The summed E-state index contributed by atoms with van der Waals surface area (Å²) in [6, 6.07) is 0. The lowest BCUT2D eigenvalue weighted by atomic mass is 10.8. The lowest BCUT2D eigenvalue weighted by molar-refractivity contribution is 0.186. The molecule has 0 saturated heterocycles. The SMILES string of the molecule is O.OCCO.OCC[O][AlH2]. The summed E-state index contributed by atoms with van der Waals surface area (Å²) >= 11 is 0.739. The Morgan fingerprint density at radius 3 is 1.40 bits per heavy atom. The van der Waals surface area contributed by atoms with Crippen molar-refractivity contribution in [2.75, 3.05) is 26.4 Å². The number of rotatable bonds is 3. The van der Waals surface area contributed by atoms with E-state index in [0.29, 0.717) is 6.61 Å². The van der Waals surface area contributed by atoms with E-state index in [2.05, 4.69) is 3.79 Å². The Kier molecular flexibility index (Phi) is 38.1. The molecule has 0 saturated carbocycles. The van der Waals surface area contributed by atoms with Crippen LogP contribution in [0.25, 0.3) is 0 Å². The molecular formula is C4H15AlO5. The Balaban J connectivity index is -0.0000000910. The quantitative estimate of drug-likeness (QED) is 0.386. The van der Waals surface area contributed by atoms with E-state index in [-0.39, 0.29) is 25.3 Å². The van der Waals surface area contributed by atoms with Crippen molar-refractivity contribution in [2.45, 2.75) is 0 Å². The molecule has 0 fully saturated rings. The van der Waals surface area contributed by atoms with Gasteiger partial charge in [-0.15, -0.1) is 0 Å². The van der Waals surface area contributed by atoms with Crippen LogP contribution >= 0.6 is 0 Å². The number of hydrogen-bond donors (Lipinski definition) is 3. The van der Waals surface area contributed by atoms with Crippen molar-refractivity contribution in [3.8, 4) is 0 Å². The molecule has 0 rings (SSSR count). The average Bonchev–Trinajstić information content (AvgIpc) is 1.91. The molecule has 10 heavy (non-hydrogen) atoms. The molecule has 5 nitrogen and oxygen atoms in total. The maximum absolute atomic E-state index is 7.96. The first-order valence-corrected chi connectivity index (χ1v) is 3.46. The van der Waals surface area contributed by atoms with Crippen LogP contribution in [0.1, 0.15) is 0 Å². The zero-order chi connectivity index (χ0) is 7.54.